The second-order valence-electron chi connectivity index (χ2n) is 7.02. The molecule has 2 N–H and O–H groups in total. The highest BCUT2D eigenvalue weighted by Gasteiger charge is 2.56. The summed E-state index contributed by atoms with van der Waals surface area (Å²) in [6.45, 7) is -0.450. The van der Waals surface area contributed by atoms with Crippen LogP contribution in [0.5, 0.6) is 23.0 Å². The summed E-state index contributed by atoms with van der Waals surface area (Å²) in [6, 6.07) is 10.2. The predicted molar refractivity (Wildman–Crippen MR) is 107 cm³/mol. The summed E-state index contributed by atoms with van der Waals surface area (Å²) in [5, 5.41) is 21.3. The van der Waals surface area contributed by atoms with Gasteiger partial charge < -0.3 is 33.9 Å². The van der Waals surface area contributed by atoms with Crippen molar-refractivity contribution in [3.05, 3.63) is 47.5 Å². The minimum Gasteiger partial charge on any atom is -0.493 e. The van der Waals surface area contributed by atoms with Crippen molar-refractivity contribution in [2.45, 2.75) is 18.1 Å². The molecule has 0 amide bonds. The Morgan fingerprint density at radius 2 is 1.47 bits per heavy atom. The van der Waals surface area contributed by atoms with Crippen LogP contribution in [-0.2, 0) is 16.0 Å². The van der Waals surface area contributed by atoms with E-state index in [1.165, 1.54) is 28.4 Å². The fraction of sp³-hybridized carbons (Fsp3) is 0.409. The van der Waals surface area contributed by atoms with E-state index in [0.29, 0.717) is 34.1 Å². The van der Waals surface area contributed by atoms with Crippen LogP contribution in [-0.4, -0.2) is 56.8 Å². The van der Waals surface area contributed by atoms with Crippen LogP contribution in [0.2, 0.25) is 0 Å². The van der Waals surface area contributed by atoms with Crippen LogP contribution >= 0.6 is 0 Å². The molecule has 162 valence electrons. The van der Waals surface area contributed by atoms with Crippen molar-refractivity contribution in [1.82, 2.24) is 0 Å². The van der Waals surface area contributed by atoms with E-state index in [9.17, 15) is 15.0 Å². The third kappa shape index (κ3) is 3.76. The molecule has 2 aromatic carbocycles. The Morgan fingerprint density at radius 3 is 2.03 bits per heavy atom. The summed E-state index contributed by atoms with van der Waals surface area (Å²) < 4.78 is 26.6. The van der Waals surface area contributed by atoms with Gasteiger partial charge in [-0.25, -0.2) is 4.79 Å². The highest BCUT2D eigenvalue weighted by Crippen LogP contribution is 2.45. The van der Waals surface area contributed by atoms with Gasteiger partial charge in [-0.15, -0.1) is 0 Å². The fourth-order valence-electron chi connectivity index (χ4n) is 3.78. The average Bonchev–Trinajstić information content (AvgIpc) is 3.02. The lowest BCUT2D eigenvalue weighted by atomic mass is 9.80. The molecule has 8 nitrogen and oxygen atoms in total. The third-order valence-corrected chi connectivity index (χ3v) is 5.42. The van der Waals surface area contributed by atoms with E-state index in [2.05, 4.69) is 0 Å². The van der Waals surface area contributed by atoms with E-state index < -0.39 is 30.2 Å². The first kappa shape index (κ1) is 21.7. The molecule has 0 saturated carbocycles. The summed E-state index contributed by atoms with van der Waals surface area (Å²) in [7, 11) is 6.05. The number of ether oxygens (including phenoxy) is 5. The lowest BCUT2D eigenvalue weighted by molar-refractivity contribution is -0.156. The standard InChI is InChI=1S/C22H26O8/c1-26-16-7-5-13(9-18(16)28-3)11-22(25)15(12-23)20(30-21(22)24)14-6-8-17(27-2)19(10-14)29-4/h5-10,15,20,23,25H,11-12H2,1-4H3/t15-,20-,22-/m0/s1. The molecule has 0 aromatic heterocycles. The van der Waals surface area contributed by atoms with Crippen molar-refractivity contribution in [3.8, 4) is 23.0 Å². The van der Waals surface area contributed by atoms with Gasteiger partial charge in [0.05, 0.1) is 41.0 Å². The largest absolute Gasteiger partial charge is 0.493 e. The zero-order chi connectivity index (χ0) is 21.9. The Balaban J connectivity index is 1.93. The van der Waals surface area contributed by atoms with Crippen molar-refractivity contribution in [1.29, 1.82) is 0 Å². The zero-order valence-electron chi connectivity index (χ0n) is 17.4. The molecule has 8 heteroatoms. The Bertz CT molecular complexity index is 912. The summed E-state index contributed by atoms with van der Waals surface area (Å²) in [5.41, 5.74) is -0.687. The number of methoxy groups -OCH3 is 4. The monoisotopic (exact) mass is 418 g/mol. The molecule has 3 rings (SSSR count). The van der Waals surface area contributed by atoms with Crippen LogP contribution in [0, 0.1) is 5.92 Å². The van der Waals surface area contributed by atoms with Crippen molar-refractivity contribution in [2.24, 2.45) is 5.92 Å². The summed E-state index contributed by atoms with van der Waals surface area (Å²) in [6.07, 6.45) is -0.895. The average molecular weight is 418 g/mol. The van der Waals surface area contributed by atoms with E-state index >= 15 is 0 Å². The number of benzene rings is 2. The topological polar surface area (TPSA) is 104 Å². The first-order chi connectivity index (χ1) is 14.4. The van der Waals surface area contributed by atoms with Crippen LogP contribution in [0.4, 0.5) is 0 Å². The predicted octanol–water partition coefficient (Wildman–Crippen LogP) is 1.90. The molecule has 30 heavy (non-hydrogen) atoms. The molecule has 2 aromatic rings. The Morgan fingerprint density at radius 1 is 0.900 bits per heavy atom. The fourth-order valence-corrected chi connectivity index (χ4v) is 3.78. The van der Waals surface area contributed by atoms with Crippen molar-refractivity contribution >= 4 is 5.97 Å². The number of cyclic esters (lactones) is 1. The smallest absolute Gasteiger partial charge is 0.339 e. The lowest BCUT2D eigenvalue weighted by Crippen LogP contribution is -2.45. The first-order valence-electron chi connectivity index (χ1n) is 9.39. The minimum absolute atomic E-state index is 0.0544. The second kappa shape index (κ2) is 8.81. The number of carbonyl (C=O) groups is 1. The quantitative estimate of drug-likeness (QED) is 0.627. The van der Waals surface area contributed by atoms with Gasteiger partial charge in [-0.1, -0.05) is 12.1 Å². The lowest BCUT2D eigenvalue weighted by Gasteiger charge is -2.27. The van der Waals surface area contributed by atoms with Crippen LogP contribution < -0.4 is 18.9 Å². The number of hydrogen-bond donors (Lipinski definition) is 2. The molecule has 1 aliphatic heterocycles. The summed E-state index contributed by atoms with van der Waals surface area (Å²) in [4.78, 5) is 12.7. The SMILES string of the molecule is COc1ccc(C[C@@]2(O)C(=O)O[C@@H](c3ccc(OC)c(OC)c3)[C@@H]2CO)cc1OC. The van der Waals surface area contributed by atoms with Gasteiger partial charge in [-0.05, 0) is 35.4 Å². The molecule has 1 fully saturated rings. The van der Waals surface area contributed by atoms with Gasteiger partial charge >= 0.3 is 5.97 Å². The molecule has 1 heterocycles. The highest BCUT2D eigenvalue weighted by atomic mass is 16.6. The third-order valence-electron chi connectivity index (χ3n) is 5.42. The number of carbonyl (C=O) groups excluding carboxylic acids is 1. The second-order valence-corrected chi connectivity index (χ2v) is 7.02. The van der Waals surface area contributed by atoms with Gasteiger partial charge in [0.1, 0.15) is 6.10 Å². The normalized spacial score (nSPS) is 23.1. The van der Waals surface area contributed by atoms with Gasteiger partial charge in [0.2, 0.25) is 0 Å². The molecule has 1 saturated heterocycles. The molecule has 0 unspecified atom stereocenters. The minimum atomic E-state index is -1.91. The number of esters is 1. The molecule has 0 spiro atoms. The Kier molecular flexibility index (Phi) is 6.38. The molecule has 0 aliphatic carbocycles. The van der Waals surface area contributed by atoms with Crippen LogP contribution in [0.15, 0.2) is 36.4 Å². The van der Waals surface area contributed by atoms with E-state index in [-0.39, 0.29) is 6.42 Å². The highest BCUT2D eigenvalue weighted by molar-refractivity contribution is 5.83. The molecule has 0 bridgehead atoms. The van der Waals surface area contributed by atoms with E-state index in [4.69, 9.17) is 23.7 Å². The van der Waals surface area contributed by atoms with Crippen molar-refractivity contribution in [3.63, 3.8) is 0 Å². The molecular weight excluding hydrogens is 392 g/mol. The summed E-state index contributed by atoms with van der Waals surface area (Å²) >= 11 is 0. The van der Waals surface area contributed by atoms with E-state index in [0.717, 1.165) is 0 Å². The zero-order valence-corrected chi connectivity index (χ0v) is 17.4. The number of rotatable bonds is 8. The molecule has 0 radical (unpaired) electrons. The first-order valence-corrected chi connectivity index (χ1v) is 9.39. The number of aliphatic hydroxyl groups is 2. The maximum atomic E-state index is 12.7. The molecular formula is C22H26O8. The van der Waals surface area contributed by atoms with Crippen molar-refractivity contribution < 1.29 is 38.7 Å². The molecule has 1 aliphatic rings. The maximum Gasteiger partial charge on any atom is 0.339 e. The van der Waals surface area contributed by atoms with E-state index in [1.54, 1.807) is 36.4 Å². The number of hydrogen-bond acceptors (Lipinski definition) is 8. The molecule has 3 atom stereocenters. The Hall–Kier alpha value is -2.97. The van der Waals surface area contributed by atoms with Gasteiger partial charge in [0.15, 0.2) is 28.6 Å². The van der Waals surface area contributed by atoms with Gasteiger partial charge in [0, 0.05) is 6.42 Å². The summed E-state index contributed by atoms with van der Waals surface area (Å²) in [5.74, 6) is 0.309. The van der Waals surface area contributed by atoms with Crippen LogP contribution in [0.25, 0.3) is 0 Å². The number of aliphatic hydroxyl groups excluding tert-OH is 1. The van der Waals surface area contributed by atoms with Gasteiger partial charge in [0.25, 0.3) is 0 Å². The van der Waals surface area contributed by atoms with Gasteiger partial charge in [-0.2, -0.15) is 0 Å². The van der Waals surface area contributed by atoms with Crippen LogP contribution in [0.1, 0.15) is 17.2 Å². The van der Waals surface area contributed by atoms with Crippen LogP contribution in [0.3, 0.4) is 0 Å². The maximum absolute atomic E-state index is 12.7. The Labute approximate surface area is 174 Å². The van der Waals surface area contributed by atoms with Crippen molar-refractivity contribution in [2.75, 3.05) is 35.0 Å². The van der Waals surface area contributed by atoms with E-state index in [1.807, 2.05) is 0 Å². The van der Waals surface area contributed by atoms with Gasteiger partial charge in [-0.3, -0.25) is 0 Å².